The molecule has 3 heterocycles. The third-order valence-electron chi connectivity index (χ3n) is 3.89. The molecule has 0 radical (unpaired) electrons. The van der Waals surface area contributed by atoms with Crippen LogP contribution in [-0.4, -0.2) is 58.9 Å². The molecule has 0 bridgehead atoms. The van der Waals surface area contributed by atoms with E-state index in [9.17, 15) is 9.59 Å². The van der Waals surface area contributed by atoms with Crippen molar-refractivity contribution in [2.24, 2.45) is 0 Å². The number of nitrogens with zero attached hydrogens (tertiary/aromatic N) is 4. The molecule has 8 heteroatoms. The third-order valence-corrected chi connectivity index (χ3v) is 4.76. The lowest BCUT2D eigenvalue weighted by atomic mass is 10.2. The van der Waals surface area contributed by atoms with Gasteiger partial charge in [0.05, 0.1) is 4.88 Å². The Morgan fingerprint density at radius 1 is 1.17 bits per heavy atom. The fourth-order valence-electron chi connectivity index (χ4n) is 2.59. The molecule has 0 unspecified atom stereocenters. The molecule has 1 aliphatic heterocycles. The Morgan fingerprint density at radius 2 is 1.88 bits per heavy atom. The van der Waals surface area contributed by atoms with Crippen molar-refractivity contribution >= 4 is 29.1 Å². The maximum atomic E-state index is 12.5. The fourth-order valence-corrected chi connectivity index (χ4v) is 3.22. The molecule has 2 aromatic heterocycles. The number of aromatic nitrogens is 2. The van der Waals surface area contributed by atoms with Crippen molar-refractivity contribution in [2.75, 3.05) is 31.1 Å². The summed E-state index contributed by atoms with van der Waals surface area (Å²) in [6.45, 7) is 4.27. The van der Waals surface area contributed by atoms with Crippen LogP contribution in [0, 0.1) is 0 Å². The molecule has 7 nitrogen and oxygen atoms in total. The first kappa shape index (κ1) is 16.4. The second-order valence-corrected chi connectivity index (χ2v) is 6.48. The van der Waals surface area contributed by atoms with Crippen molar-refractivity contribution in [3.63, 3.8) is 0 Å². The van der Waals surface area contributed by atoms with Crippen molar-refractivity contribution in [2.45, 2.75) is 13.0 Å². The van der Waals surface area contributed by atoms with E-state index in [2.05, 4.69) is 20.2 Å². The van der Waals surface area contributed by atoms with Gasteiger partial charge in [-0.15, -0.1) is 11.3 Å². The number of rotatable bonds is 4. The van der Waals surface area contributed by atoms with Gasteiger partial charge in [-0.3, -0.25) is 9.59 Å². The SMILES string of the molecule is C[C@H](NC(=O)c1cccs1)C(=O)N1CCN(c2ncccn2)CC1. The van der Waals surface area contributed by atoms with Gasteiger partial charge in [-0.1, -0.05) is 6.07 Å². The van der Waals surface area contributed by atoms with Crippen LogP contribution in [0.1, 0.15) is 16.6 Å². The second-order valence-electron chi connectivity index (χ2n) is 5.53. The van der Waals surface area contributed by atoms with E-state index < -0.39 is 6.04 Å². The number of hydrogen-bond donors (Lipinski definition) is 1. The van der Waals surface area contributed by atoms with E-state index in [0.29, 0.717) is 37.0 Å². The molecule has 0 aromatic carbocycles. The Hall–Kier alpha value is -2.48. The Bertz CT molecular complexity index is 684. The van der Waals surface area contributed by atoms with Crippen LogP contribution in [0.4, 0.5) is 5.95 Å². The topological polar surface area (TPSA) is 78.4 Å². The van der Waals surface area contributed by atoms with E-state index in [-0.39, 0.29) is 11.8 Å². The summed E-state index contributed by atoms with van der Waals surface area (Å²) < 4.78 is 0. The van der Waals surface area contributed by atoms with Gasteiger partial charge in [0.15, 0.2) is 0 Å². The molecule has 1 saturated heterocycles. The molecule has 0 spiro atoms. The molecule has 1 N–H and O–H groups in total. The average molecular weight is 345 g/mol. The molecule has 1 aliphatic rings. The van der Waals surface area contributed by atoms with Crippen molar-refractivity contribution in [1.29, 1.82) is 0 Å². The van der Waals surface area contributed by atoms with Crippen molar-refractivity contribution in [3.8, 4) is 0 Å². The van der Waals surface area contributed by atoms with Gasteiger partial charge in [-0.25, -0.2) is 9.97 Å². The number of piperazine rings is 1. The summed E-state index contributed by atoms with van der Waals surface area (Å²) >= 11 is 1.36. The van der Waals surface area contributed by atoms with Crippen LogP contribution in [0.2, 0.25) is 0 Å². The average Bonchev–Trinajstić information content (AvgIpc) is 3.17. The van der Waals surface area contributed by atoms with E-state index in [1.807, 2.05) is 11.4 Å². The van der Waals surface area contributed by atoms with Gasteiger partial charge < -0.3 is 15.1 Å². The molecule has 2 aromatic rings. The maximum absolute atomic E-state index is 12.5. The summed E-state index contributed by atoms with van der Waals surface area (Å²) in [6.07, 6.45) is 3.42. The molecule has 126 valence electrons. The first-order chi connectivity index (χ1) is 11.6. The monoisotopic (exact) mass is 345 g/mol. The molecule has 2 amide bonds. The summed E-state index contributed by atoms with van der Waals surface area (Å²) in [6, 6.07) is 4.80. The highest BCUT2D eigenvalue weighted by molar-refractivity contribution is 7.12. The van der Waals surface area contributed by atoms with Crippen LogP contribution < -0.4 is 10.2 Å². The Balaban J connectivity index is 1.52. The Kier molecular flexibility index (Phi) is 5.05. The highest BCUT2D eigenvalue weighted by Crippen LogP contribution is 2.12. The zero-order valence-electron chi connectivity index (χ0n) is 13.4. The Morgan fingerprint density at radius 3 is 2.50 bits per heavy atom. The summed E-state index contributed by atoms with van der Waals surface area (Å²) in [5.41, 5.74) is 0. The number of hydrogen-bond acceptors (Lipinski definition) is 6. The predicted molar refractivity (Wildman–Crippen MR) is 92.1 cm³/mol. The summed E-state index contributed by atoms with van der Waals surface area (Å²) in [4.78, 5) is 37.5. The minimum atomic E-state index is -0.542. The number of thiophene rings is 1. The zero-order valence-corrected chi connectivity index (χ0v) is 14.2. The van der Waals surface area contributed by atoms with Gasteiger partial charge in [0, 0.05) is 38.6 Å². The molecular weight excluding hydrogens is 326 g/mol. The van der Waals surface area contributed by atoms with E-state index >= 15 is 0 Å². The van der Waals surface area contributed by atoms with E-state index in [0.717, 1.165) is 0 Å². The zero-order chi connectivity index (χ0) is 16.9. The smallest absolute Gasteiger partial charge is 0.261 e. The normalized spacial score (nSPS) is 15.9. The third kappa shape index (κ3) is 3.70. The van der Waals surface area contributed by atoms with Gasteiger partial charge in [-0.2, -0.15) is 0 Å². The molecule has 1 fully saturated rings. The largest absolute Gasteiger partial charge is 0.340 e. The van der Waals surface area contributed by atoms with Crippen LogP contribution in [0.5, 0.6) is 0 Å². The standard InChI is InChI=1S/C16H19N5O2S/c1-12(19-14(22)13-4-2-11-24-13)15(23)20-7-9-21(10-8-20)16-17-5-3-6-18-16/h2-6,11-12H,7-10H2,1H3,(H,19,22)/t12-/m0/s1. The second kappa shape index (κ2) is 7.39. The number of nitrogens with one attached hydrogen (secondary N) is 1. The molecule has 24 heavy (non-hydrogen) atoms. The molecular formula is C16H19N5O2S. The van der Waals surface area contributed by atoms with E-state index in [1.165, 1.54) is 11.3 Å². The summed E-state index contributed by atoms with van der Waals surface area (Å²) in [5.74, 6) is 0.416. The highest BCUT2D eigenvalue weighted by atomic mass is 32.1. The lowest BCUT2D eigenvalue weighted by Crippen LogP contribution is -2.54. The van der Waals surface area contributed by atoms with Gasteiger partial charge in [-0.05, 0) is 24.4 Å². The molecule has 3 rings (SSSR count). The number of carbonyl (C=O) groups excluding carboxylic acids is 2. The summed E-state index contributed by atoms with van der Waals surface area (Å²) in [7, 11) is 0. The quantitative estimate of drug-likeness (QED) is 0.895. The van der Waals surface area contributed by atoms with Gasteiger partial charge in [0.2, 0.25) is 11.9 Å². The van der Waals surface area contributed by atoms with Gasteiger partial charge in [0.25, 0.3) is 5.91 Å². The molecule has 0 aliphatic carbocycles. The van der Waals surface area contributed by atoms with Crippen molar-refractivity contribution in [3.05, 3.63) is 40.8 Å². The van der Waals surface area contributed by atoms with Crippen LogP contribution in [-0.2, 0) is 4.79 Å². The lowest BCUT2D eigenvalue weighted by molar-refractivity contribution is -0.133. The first-order valence-corrected chi connectivity index (χ1v) is 8.68. The van der Waals surface area contributed by atoms with Crippen molar-refractivity contribution in [1.82, 2.24) is 20.2 Å². The van der Waals surface area contributed by atoms with E-state index in [4.69, 9.17) is 0 Å². The van der Waals surface area contributed by atoms with Crippen LogP contribution in [0.3, 0.4) is 0 Å². The predicted octanol–water partition coefficient (Wildman–Crippen LogP) is 1.01. The first-order valence-electron chi connectivity index (χ1n) is 7.80. The highest BCUT2D eigenvalue weighted by Gasteiger charge is 2.26. The lowest BCUT2D eigenvalue weighted by Gasteiger charge is -2.35. The van der Waals surface area contributed by atoms with Crippen LogP contribution >= 0.6 is 11.3 Å². The minimum absolute atomic E-state index is 0.0615. The molecule has 1 atom stereocenters. The van der Waals surface area contributed by atoms with Crippen molar-refractivity contribution < 1.29 is 9.59 Å². The van der Waals surface area contributed by atoms with Gasteiger partial charge in [0.1, 0.15) is 6.04 Å². The Labute approximate surface area is 144 Å². The number of anilines is 1. The maximum Gasteiger partial charge on any atom is 0.261 e. The molecule has 0 saturated carbocycles. The van der Waals surface area contributed by atoms with Gasteiger partial charge >= 0.3 is 0 Å². The number of carbonyl (C=O) groups is 2. The summed E-state index contributed by atoms with van der Waals surface area (Å²) in [5, 5.41) is 4.60. The fraction of sp³-hybridized carbons (Fsp3) is 0.375. The van der Waals surface area contributed by atoms with E-state index in [1.54, 1.807) is 36.4 Å². The number of amides is 2. The minimum Gasteiger partial charge on any atom is -0.340 e. The van der Waals surface area contributed by atoms with Crippen LogP contribution in [0.15, 0.2) is 36.0 Å². The van der Waals surface area contributed by atoms with Crippen LogP contribution in [0.25, 0.3) is 0 Å².